The predicted octanol–water partition coefficient (Wildman–Crippen LogP) is 4.75. The number of aromatic carboxylic acids is 4. The summed E-state index contributed by atoms with van der Waals surface area (Å²) in [4.78, 5) is 60.8. The maximum absolute atomic E-state index is 13.6. The molecule has 0 aliphatic rings. The van der Waals surface area contributed by atoms with Gasteiger partial charge in [-0.3, -0.25) is 4.79 Å². The van der Waals surface area contributed by atoms with E-state index >= 15 is 0 Å². The zero-order valence-corrected chi connectivity index (χ0v) is 20.3. The summed E-state index contributed by atoms with van der Waals surface area (Å²) in [7, 11) is 0. The molecule has 0 fully saturated rings. The van der Waals surface area contributed by atoms with Crippen molar-refractivity contribution in [2.45, 2.75) is 0 Å². The maximum atomic E-state index is 13.6. The van der Waals surface area contributed by atoms with Crippen molar-refractivity contribution in [2.24, 2.45) is 0 Å². The number of rotatable bonds is 9. The molecule has 4 rings (SSSR count). The second-order valence-electron chi connectivity index (χ2n) is 8.42. The molecular weight excluding hydrogens is 522 g/mol. The van der Waals surface area contributed by atoms with Crippen LogP contribution in [0.25, 0.3) is 11.1 Å². The van der Waals surface area contributed by atoms with Gasteiger partial charge in [0.25, 0.3) is 0 Å². The number of carbonyl (C=O) groups excluding carboxylic acids is 1. The monoisotopic (exact) mass is 541 g/mol. The highest BCUT2D eigenvalue weighted by Gasteiger charge is 2.28. The first-order valence-corrected chi connectivity index (χ1v) is 11.4. The summed E-state index contributed by atoms with van der Waals surface area (Å²) in [6, 6.07) is 17.4. The zero-order chi connectivity index (χ0) is 29.1. The van der Waals surface area contributed by atoms with Gasteiger partial charge in [-0.15, -0.1) is 0 Å². The summed E-state index contributed by atoms with van der Waals surface area (Å²) in [5, 5.41) is 38.3. The quantitative estimate of drug-likeness (QED) is 0.144. The van der Waals surface area contributed by atoms with Gasteiger partial charge < -0.3 is 30.9 Å². The van der Waals surface area contributed by atoms with Crippen LogP contribution in [0.15, 0.2) is 78.9 Å². The predicted molar refractivity (Wildman–Crippen MR) is 141 cm³/mol. The third-order valence-corrected chi connectivity index (χ3v) is 5.90. The van der Waals surface area contributed by atoms with Gasteiger partial charge in [0, 0.05) is 22.4 Å². The third kappa shape index (κ3) is 5.34. The molecule has 0 radical (unpaired) electrons. The highest BCUT2D eigenvalue weighted by molar-refractivity contribution is 6.18. The SMILES string of the molecule is Nc1ccc(Oc2ccc(-c3c(C(=O)c4ccc(C(=O)O)c(C(=O)O)c4)ccc(C(=O)O)c3C(=O)O)cc2)cc1. The Morgan fingerprint density at radius 1 is 0.550 bits per heavy atom. The van der Waals surface area contributed by atoms with Gasteiger partial charge in [-0.25, -0.2) is 19.2 Å². The summed E-state index contributed by atoms with van der Waals surface area (Å²) < 4.78 is 5.74. The van der Waals surface area contributed by atoms with Crippen LogP contribution in [0, 0.1) is 0 Å². The number of carbonyl (C=O) groups is 5. The van der Waals surface area contributed by atoms with Crippen molar-refractivity contribution in [3.05, 3.63) is 112 Å². The summed E-state index contributed by atoms with van der Waals surface area (Å²) >= 11 is 0. The molecule has 0 heterocycles. The van der Waals surface area contributed by atoms with Crippen molar-refractivity contribution >= 4 is 35.3 Å². The fourth-order valence-electron chi connectivity index (χ4n) is 4.06. The minimum atomic E-state index is -1.61. The molecule has 0 bridgehead atoms. The van der Waals surface area contributed by atoms with E-state index in [1.54, 1.807) is 24.3 Å². The maximum Gasteiger partial charge on any atom is 0.337 e. The van der Waals surface area contributed by atoms with E-state index in [4.69, 9.17) is 10.5 Å². The number of carboxylic acids is 4. The first-order valence-electron chi connectivity index (χ1n) is 11.4. The van der Waals surface area contributed by atoms with Crippen molar-refractivity contribution in [1.29, 1.82) is 0 Å². The summed E-state index contributed by atoms with van der Waals surface area (Å²) in [6.45, 7) is 0. The zero-order valence-electron chi connectivity index (χ0n) is 20.3. The van der Waals surface area contributed by atoms with Crippen LogP contribution in [0.4, 0.5) is 5.69 Å². The van der Waals surface area contributed by atoms with Gasteiger partial charge in [-0.1, -0.05) is 18.2 Å². The van der Waals surface area contributed by atoms with Crippen LogP contribution in [0.2, 0.25) is 0 Å². The molecule has 0 amide bonds. The minimum absolute atomic E-state index is 0.161. The average Bonchev–Trinajstić information content (AvgIpc) is 2.93. The normalized spacial score (nSPS) is 10.5. The summed E-state index contributed by atoms with van der Waals surface area (Å²) in [6.07, 6.45) is 0. The molecule has 0 aliphatic carbocycles. The highest BCUT2D eigenvalue weighted by Crippen LogP contribution is 2.34. The minimum Gasteiger partial charge on any atom is -0.478 e. The molecule has 200 valence electrons. The first kappa shape index (κ1) is 27.1. The summed E-state index contributed by atoms with van der Waals surface area (Å²) in [5.74, 6) is -6.29. The molecule has 40 heavy (non-hydrogen) atoms. The number of hydrogen-bond acceptors (Lipinski definition) is 7. The van der Waals surface area contributed by atoms with Crippen molar-refractivity contribution in [2.75, 3.05) is 5.73 Å². The smallest absolute Gasteiger partial charge is 0.337 e. The van der Waals surface area contributed by atoms with Crippen LogP contribution in [0.1, 0.15) is 57.4 Å². The van der Waals surface area contributed by atoms with Crippen molar-refractivity contribution in [1.82, 2.24) is 0 Å². The Morgan fingerprint density at radius 2 is 1.05 bits per heavy atom. The molecule has 11 heteroatoms. The molecule has 0 aromatic heterocycles. The van der Waals surface area contributed by atoms with E-state index < -0.39 is 51.9 Å². The molecule has 0 aliphatic heterocycles. The second kappa shape index (κ2) is 10.8. The molecule has 0 saturated carbocycles. The molecule has 6 N–H and O–H groups in total. The Kier molecular flexibility index (Phi) is 7.31. The Hall–Kier alpha value is -5.97. The van der Waals surface area contributed by atoms with E-state index in [2.05, 4.69) is 0 Å². The highest BCUT2D eigenvalue weighted by atomic mass is 16.5. The van der Waals surface area contributed by atoms with Crippen LogP contribution >= 0.6 is 0 Å². The Balaban J connectivity index is 1.87. The van der Waals surface area contributed by atoms with E-state index in [0.29, 0.717) is 17.2 Å². The lowest BCUT2D eigenvalue weighted by Crippen LogP contribution is -2.15. The number of nitrogens with two attached hydrogens (primary N) is 1. The topological polar surface area (TPSA) is 202 Å². The number of nitrogen functional groups attached to an aromatic ring is 1. The van der Waals surface area contributed by atoms with Gasteiger partial charge in [0.05, 0.1) is 22.3 Å². The Labute approximate surface area is 225 Å². The fourth-order valence-corrected chi connectivity index (χ4v) is 4.06. The van der Waals surface area contributed by atoms with E-state index in [9.17, 15) is 44.4 Å². The number of benzene rings is 4. The van der Waals surface area contributed by atoms with Crippen LogP contribution in [-0.4, -0.2) is 50.1 Å². The van der Waals surface area contributed by atoms with Gasteiger partial charge in [0.1, 0.15) is 11.5 Å². The molecule has 0 spiro atoms. The van der Waals surface area contributed by atoms with E-state index in [0.717, 1.165) is 30.3 Å². The van der Waals surface area contributed by atoms with Gasteiger partial charge >= 0.3 is 23.9 Å². The Morgan fingerprint density at radius 3 is 1.57 bits per heavy atom. The molecule has 0 saturated heterocycles. The average molecular weight is 541 g/mol. The lowest BCUT2D eigenvalue weighted by atomic mass is 9.87. The van der Waals surface area contributed by atoms with Crippen LogP contribution in [0.3, 0.4) is 0 Å². The molecule has 0 atom stereocenters. The largest absolute Gasteiger partial charge is 0.478 e. The lowest BCUT2D eigenvalue weighted by molar-refractivity contribution is 0.0651. The van der Waals surface area contributed by atoms with Crippen LogP contribution in [0.5, 0.6) is 11.5 Å². The molecule has 4 aromatic rings. The summed E-state index contributed by atoms with van der Waals surface area (Å²) in [5.41, 5.74) is 3.22. The van der Waals surface area contributed by atoms with E-state index in [1.165, 1.54) is 24.3 Å². The number of carboxylic acid groups (broad SMARTS) is 4. The van der Waals surface area contributed by atoms with E-state index in [1.807, 2.05) is 0 Å². The third-order valence-electron chi connectivity index (χ3n) is 5.90. The standard InChI is InChI=1S/C29H19NO10/c30-16-4-8-18(9-5-16)40-17-6-1-14(2-7-17)23-20(11-12-21(27(34)35)24(23)29(38)39)25(31)15-3-10-19(26(32)33)22(13-15)28(36)37/h1-13H,30H2,(H,32,33)(H,34,35)(H,36,37)(H,38,39). The number of ether oxygens (including phenoxy) is 1. The van der Waals surface area contributed by atoms with Gasteiger partial charge in [0.15, 0.2) is 5.78 Å². The lowest BCUT2D eigenvalue weighted by Gasteiger charge is -2.16. The number of anilines is 1. The van der Waals surface area contributed by atoms with Crippen molar-refractivity contribution < 1.29 is 49.1 Å². The van der Waals surface area contributed by atoms with E-state index in [-0.39, 0.29) is 22.3 Å². The fraction of sp³-hybridized carbons (Fsp3) is 0. The van der Waals surface area contributed by atoms with Crippen LogP contribution in [-0.2, 0) is 0 Å². The molecule has 4 aromatic carbocycles. The van der Waals surface area contributed by atoms with Crippen molar-refractivity contribution in [3.8, 4) is 22.6 Å². The van der Waals surface area contributed by atoms with Crippen LogP contribution < -0.4 is 10.5 Å². The molecule has 11 nitrogen and oxygen atoms in total. The number of hydrogen-bond donors (Lipinski definition) is 5. The molecule has 0 unspecified atom stereocenters. The van der Waals surface area contributed by atoms with Gasteiger partial charge in [-0.05, 0) is 66.2 Å². The van der Waals surface area contributed by atoms with Gasteiger partial charge in [-0.2, -0.15) is 0 Å². The first-order chi connectivity index (χ1) is 19.0. The molecular formula is C29H19NO10. The number of ketones is 1. The van der Waals surface area contributed by atoms with Gasteiger partial charge in [0.2, 0.25) is 0 Å². The van der Waals surface area contributed by atoms with Crippen molar-refractivity contribution in [3.63, 3.8) is 0 Å². The Bertz CT molecular complexity index is 1690. The second-order valence-corrected chi connectivity index (χ2v) is 8.42.